The number of benzene rings is 2. The van der Waals surface area contributed by atoms with Crippen molar-refractivity contribution in [3.8, 4) is 17.6 Å². The molecule has 3 aliphatic carbocycles. The SMILES string of the molecule is CN(C)[C@H]1C(=O)C(C(N)=O)C(=O)[C@]2(O)C(=O)C3C(=O)c4c(ccc(C#Cc5ccccc5)c4O)C[C@@H]3C[C@H]12. The topological polar surface area (TPSA) is 155 Å². The van der Waals surface area contributed by atoms with E-state index in [-0.39, 0.29) is 29.7 Å². The predicted molar refractivity (Wildman–Crippen MR) is 134 cm³/mol. The highest BCUT2D eigenvalue weighted by Gasteiger charge is 2.69. The zero-order chi connectivity index (χ0) is 27.5. The van der Waals surface area contributed by atoms with Gasteiger partial charge in [-0.15, -0.1) is 0 Å². The molecule has 6 atom stereocenters. The first-order valence-electron chi connectivity index (χ1n) is 12.2. The first-order valence-corrected chi connectivity index (χ1v) is 12.2. The summed E-state index contributed by atoms with van der Waals surface area (Å²) < 4.78 is 0. The third kappa shape index (κ3) is 3.60. The Morgan fingerprint density at radius 1 is 1.03 bits per heavy atom. The summed E-state index contributed by atoms with van der Waals surface area (Å²) in [6.45, 7) is 0. The molecule has 2 fully saturated rings. The number of nitrogens with two attached hydrogens (primary N) is 1. The summed E-state index contributed by atoms with van der Waals surface area (Å²) >= 11 is 0. The lowest BCUT2D eigenvalue weighted by Gasteiger charge is -2.52. The molecule has 0 saturated heterocycles. The van der Waals surface area contributed by atoms with Gasteiger partial charge in [-0.05, 0) is 56.6 Å². The molecule has 38 heavy (non-hydrogen) atoms. The highest BCUT2D eigenvalue weighted by Crippen LogP contribution is 2.50. The number of hydrogen-bond acceptors (Lipinski definition) is 8. The molecule has 9 nitrogen and oxygen atoms in total. The number of Topliss-reactive ketones (excluding diaryl/α,β-unsaturated/α-hetero) is 4. The molecule has 3 aliphatic rings. The van der Waals surface area contributed by atoms with Crippen LogP contribution in [0.3, 0.4) is 0 Å². The van der Waals surface area contributed by atoms with Crippen molar-refractivity contribution in [2.45, 2.75) is 24.5 Å². The van der Waals surface area contributed by atoms with Gasteiger partial charge in [-0.3, -0.25) is 28.9 Å². The number of hydrogen-bond donors (Lipinski definition) is 3. The number of fused-ring (bicyclic) bond motifs is 3. The van der Waals surface area contributed by atoms with Gasteiger partial charge in [-0.2, -0.15) is 0 Å². The Morgan fingerprint density at radius 3 is 2.34 bits per heavy atom. The van der Waals surface area contributed by atoms with Crippen molar-refractivity contribution in [3.05, 3.63) is 64.7 Å². The van der Waals surface area contributed by atoms with Gasteiger partial charge in [0.2, 0.25) is 5.91 Å². The number of likely N-dealkylation sites (N-methyl/N-ethyl adjacent to an activating group) is 1. The number of carbonyl (C=O) groups is 5. The Balaban J connectivity index is 1.58. The van der Waals surface area contributed by atoms with Crippen LogP contribution in [0.2, 0.25) is 0 Å². The minimum absolute atomic E-state index is 0.0141. The van der Waals surface area contributed by atoms with Gasteiger partial charge in [0.1, 0.15) is 5.75 Å². The quantitative estimate of drug-likeness (QED) is 0.381. The van der Waals surface area contributed by atoms with Crippen molar-refractivity contribution in [3.63, 3.8) is 0 Å². The van der Waals surface area contributed by atoms with Gasteiger partial charge >= 0.3 is 0 Å². The maximum atomic E-state index is 13.8. The largest absolute Gasteiger partial charge is 0.506 e. The van der Waals surface area contributed by atoms with Crippen LogP contribution in [-0.2, 0) is 25.6 Å². The van der Waals surface area contributed by atoms with Crippen LogP contribution in [0.15, 0.2) is 42.5 Å². The molecule has 4 N–H and O–H groups in total. The number of ketones is 4. The van der Waals surface area contributed by atoms with Crippen LogP contribution in [0.25, 0.3) is 0 Å². The van der Waals surface area contributed by atoms with E-state index >= 15 is 0 Å². The fourth-order valence-corrected chi connectivity index (χ4v) is 6.34. The summed E-state index contributed by atoms with van der Waals surface area (Å²) in [7, 11) is 3.09. The molecule has 5 rings (SSSR count). The fourth-order valence-electron chi connectivity index (χ4n) is 6.34. The van der Waals surface area contributed by atoms with Crippen LogP contribution in [0.5, 0.6) is 5.75 Å². The maximum Gasteiger partial charge on any atom is 0.235 e. The van der Waals surface area contributed by atoms with Gasteiger partial charge in [-0.1, -0.05) is 36.1 Å². The Bertz CT molecular complexity index is 1470. The molecule has 2 saturated carbocycles. The Kier molecular flexibility index (Phi) is 6.05. The molecule has 0 aliphatic heterocycles. The molecule has 2 aromatic rings. The number of aromatic hydroxyl groups is 1. The first-order chi connectivity index (χ1) is 18.0. The van der Waals surface area contributed by atoms with Crippen molar-refractivity contribution in [2.75, 3.05) is 14.1 Å². The van der Waals surface area contributed by atoms with Crippen LogP contribution in [-0.4, -0.2) is 69.9 Å². The van der Waals surface area contributed by atoms with E-state index in [0.717, 1.165) is 0 Å². The molecule has 0 heterocycles. The molecule has 9 heteroatoms. The van der Waals surface area contributed by atoms with Gasteiger partial charge in [0.25, 0.3) is 0 Å². The molecule has 0 bridgehead atoms. The third-order valence-electron chi connectivity index (χ3n) is 8.05. The molecule has 0 spiro atoms. The van der Waals surface area contributed by atoms with E-state index in [9.17, 15) is 34.2 Å². The zero-order valence-corrected chi connectivity index (χ0v) is 20.8. The number of phenolic OH excluding ortho intramolecular Hbond substituents is 1. The molecule has 2 aromatic carbocycles. The Morgan fingerprint density at radius 2 is 1.71 bits per heavy atom. The number of carbonyl (C=O) groups excluding carboxylic acids is 5. The normalized spacial score (nSPS) is 30.2. The van der Waals surface area contributed by atoms with Crippen molar-refractivity contribution < 1.29 is 34.2 Å². The number of nitrogens with zero attached hydrogens (tertiary/aromatic N) is 1. The smallest absolute Gasteiger partial charge is 0.235 e. The lowest BCUT2D eigenvalue weighted by molar-refractivity contribution is -0.181. The molecule has 0 aromatic heterocycles. The van der Waals surface area contributed by atoms with E-state index in [1.165, 1.54) is 4.90 Å². The molecule has 194 valence electrons. The summed E-state index contributed by atoms with van der Waals surface area (Å²) in [4.78, 5) is 67.4. The van der Waals surface area contributed by atoms with Gasteiger partial charge in [0, 0.05) is 11.5 Å². The number of aliphatic hydroxyl groups is 1. The average Bonchev–Trinajstić information content (AvgIpc) is 2.86. The lowest BCUT2D eigenvalue weighted by Crippen LogP contribution is -2.74. The van der Waals surface area contributed by atoms with Crippen LogP contribution < -0.4 is 5.73 Å². The van der Waals surface area contributed by atoms with Crippen LogP contribution in [0.1, 0.15) is 33.5 Å². The lowest BCUT2D eigenvalue weighted by atomic mass is 9.52. The second-order valence-corrected chi connectivity index (χ2v) is 10.4. The van der Waals surface area contributed by atoms with Crippen LogP contribution in [0, 0.1) is 35.5 Å². The summed E-state index contributed by atoms with van der Waals surface area (Å²) in [5, 5.41) is 22.6. The number of primary amides is 1. The number of rotatable bonds is 2. The molecule has 1 amide bonds. The monoisotopic (exact) mass is 514 g/mol. The van der Waals surface area contributed by atoms with Crippen molar-refractivity contribution in [2.24, 2.45) is 29.4 Å². The number of phenols is 1. The predicted octanol–water partition coefficient (Wildman–Crippen LogP) is 0.267. The minimum atomic E-state index is -2.74. The van der Waals surface area contributed by atoms with E-state index in [1.54, 1.807) is 38.4 Å². The highest BCUT2D eigenvalue weighted by molar-refractivity contribution is 6.32. The van der Waals surface area contributed by atoms with Crippen molar-refractivity contribution in [1.29, 1.82) is 0 Å². The van der Waals surface area contributed by atoms with Crippen molar-refractivity contribution >= 4 is 29.0 Å². The zero-order valence-electron chi connectivity index (χ0n) is 20.8. The Labute approximate surface area is 218 Å². The van der Waals surface area contributed by atoms with Crippen LogP contribution in [0.4, 0.5) is 0 Å². The van der Waals surface area contributed by atoms with E-state index in [1.807, 2.05) is 18.2 Å². The van der Waals surface area contributed by atoms with Gasteiger partial charge < -0.3 is 15.9 Å². The molecule has 0 radical (unpaired) electrons. The average molecular weight is 515 g/mol. The standard InChI is InChI=1S/C29H26N2O7/c1-31(2)22-18-13-17-12-16-11-10-15(9-8-14-6-4-3-5-7-14)23(32)19(16)24(33)20(17)26(35)29(18,38)27(36)21(25(22)34)28(30)37/h3-7,10-11,17-18,20-22,32,38H,12-13H2,1-2H3,(H2,30,37)/t17-,18-,20?,21?,22-,29-/m1/s1. The summed E-state index contributed by atoms with van der Waals surface area (Å²) in [6.07, 6.45) is 0.228. The first kappa shape index (κ1) is 25.5. The molecular formula is C29H26N2O7. The van der Waals surface area contributed by atoms with Crippen molar-refractivity contribution in [1.82, 2.24) is 4.90 Å². The van der Waals surface area contributed by atoms with Gasteiger partial charge in [0.05, 0.1) is 23.1 Å². The Hall–Kier alpha value is -4.13. The van der Waals surface area contributed by atoms with E-state index in [4.69, 9.17) is 5.73 Å². The second kappa shape index (κ2) is 9.01. The van der Waals surface area contributed by atoms with E-state index < -0.39 is 64.4 Å². The minimum Gasteiger partial charge on any atom is -0.506 e. The van der Waals surface area contributed by atoms with Gasteiger partial charge in [-0.25, -0.2) is 0 Å². The summed E-state index contributed by atoms with van der Waals surface area (Å²) in [5.41, 5.74) is 3.94. The molecular weight excluding hydrogens is 488 g/mol. The summed E-state index contributed by atoms with van der Waals surface area (Å²) in [6, 6.07) is 11.2. The van der Waals surface area contributed by atoms with E-state index in [0.29, 0.717) is 11.1 Å². The highest BCUT2D eigenvalue weighted by atomic mass is 16.3. The molecule has 2 unspecified atom stereocenters. The second-order valence-electron chi connectivity index (χ2n) is 10.4. The van der Waals surface area contributed by atoms with Gasteiger partial charge in [0.15, 0.2) is 34.7 Å². The summed E-state index contributed by atoms with van der Waals surface area (Å²) in [5.74, 6) is -4.89. The fraction of sp³-hybridized carbons (Fsp3) is 0.345. The number of amides is 1. The van der Waals surface area contributed by atoms with E-state index in [2.05, 4.69) is 11.8 Å². The maximum absolute atomic E-state index is 13.8. The third-order valence-corrected chi connectivity index (χ3v) is 8.05. The van der Waals surface area contributed by atoms with Crippen LogP contribution >= 0.6 is 0 Å².